The van der Waals surface area contributed by atoms with Gasteiger partial charge in [-0.05, 0) is 38.1 Å². The lowest BCUT2D eigenvalue weighted by atomic mass is 10.3. The van der Waals surface area contributed by atoms with Crippen molar-refractivity contribution in [2.24, 2.45) is 0 Å². The number of nitrogens with zero attached hydrogens (tertiary/aromatic N) is 2. The quantitative estimate of drug-likeness (QED) is 0.310. The second kappa shape index (κ2) is 15.4. The zero-order chi connectivity index (χ0) is 15.5. The lowest BCUT2D eigenvalue weighted by Crippen LogP contribution is -3.00. The van der Waals surface area contributed by atoms with Crippen molar-refractivity contribution in [3.63, 3.8) is 0 Å². The first-order chi connectivity index (χ1) is 10.8. The Hall–Kier alpha value is 0.110. The number of thiocarbonyl (C=S) groups is 1. The number of morpholine rings is 2. The molecule has 2 rings (SSSR count). The van der Waals surface area contributed by atoms with E-state index in [0.717, 1.165) is 96.7 Å². The van der Waals surface area contributed by atoms with Crippen LogP contribution in [0.15, 0.2) is 0 Å². The Labute approximate surface area is 163 Å². The molecule has 2 fully saturated rings. The van der Waals surface area contributed by atoms with Gasteiger partial charge < -0.3 is 44.9 Å². The SMILES string of the molecule is S=C(NCCCN1CCOCC1)NCCCN1CCOCC1.[Cl-].[Cl-]. The van der Waals surface area contributed by atoms with Crippen LogP contribution < -0.4 is 35.4 Å². The predicted octanol–water partition coefficient (Wildman–Crippen LogP) is -6.10. The van der Waals surface area contributed by atoms with Crippen LogP contribution >= 0.6 is 12.2 Å². The van der Waals surface area contributed by atoms with Crippen LogP contribution in [0, 0.1) is 0 Å². The van der Waals surface area contributed by atoms with Gasteiger partial charge in [0.25, 0.3) is 0 Å². The maximum absolute atomic E-state index is 5.34. The zero-order valence-corrected chi connectivity index (χ0v) is 16.6. The van der Waals surface area contributed by atoms with Crippen molar-refractivity contribution < 1.29 is 34.3 Å². The predicted molar refractivity (Wildman–Crippen MR) is 92.4 cm³/mol. The molecule has 0 amide bonds. The van der Waals surface area contributed by atoms with Crippen molar-refractivity contribution >= 4 is 17.3 Å². The minimum Gasteiger partial charge on any atom is -1.00 e. The van der Waals surface area contributed by atoms with Gasteiger partial charge >= 0.3 is 0 Å². The highest BCUT2D eigenvalue weighted by Gasteiger charge is 2.10. The molecular formula is C15H30Cl2N4O2S-2. The van der Waals surface area contributed by atoms with Gasteiger partial charge in [0, 0.05) is 39.3 Å². The topological polar surface area (TPSA) is 49.0 Å². The molecule has 9 heteroatoms. The fourth-order valence-electron chi connectivity index (χ4n) is 2.72. The second-order valence-electron chi connectivity index (χ2n) is 5.80. The third-order valence-corrected chi connectivity index (χ3v) is 4.37. The van der Waals surface area contributed by atoms with E-state index < -0.39 is 0 Å². The highest BCUT2D eigenvalue weighted by Crippen LogP contribution is 1.98. The van der Waals surface area contributed by atoms with E-state index in [1.54, 1.807) is 0 Å². The van der Waals surface area contributed by atoms with Crippen LogP contribution in [0.25, 0.3) is 0 Å². The number of ether oxygens (including phenoxy) is 2. The summed E-state index contributed by atoms with van der Waals surface area (Å²) in [5.74, 6) is 0. The van der Waals surface area contributed by atoms with E-state index in [2.05, 4.69) is 20.4 Å². The third-order valence-electron chi connectivity index (χ3n) is 4.08. The van der Waals surface area contributed by atoms with E-state index in [0.29, 0.717) is 0 Å². The fourth-order valence-corrected chi connectivity index (χ4v) is 2.93. The molecule has 6 nitrogen and oxygen atoms in total. The van der Waals surface area contributed by atoms with Crippen molar-refractivity contribution in [2.75, 3.05) is 78.8 Å². The minimum atomic E-state index is 0. The number of nitrogens with one attached hydrogen (secondary N) is 2. The average molecular weight is 401 g/mol. The Morgan fingerprint density at radius 3 is 1.50 bits per heavy atom. The van der Waals surface area contributed by atoms with Crippen LogP contribution in [0.2, 0.25) is 0 Å². The molecule has 0 aromatic rings. The summed E-state index contributed by atoms with van der Waals surface area (Å²) in [6.07, 6.45) is 2.24. The largest absolute Gasteiger partial charge is 1.00 e. The van der Waals surface area contributed by atoms with Crippen LogP contribution in [0.1, 0.15) is 12.8 Å². The number of hydrogen-bond acceptors (Lipinski definition) is 5. The van der Waals surface area contributed by atoms with Gasteiger partial charge in [-0.1, -0.05) is 0 Å². The highest BCUT2D eigenvalue weighted by atomic mass is 35.5. The van der Waals surface area contributed by atoms with E-state index in [9.17, 15) is 0 Å². The molecule has 2 heterocycles. The Kier molecular flexibility index (Phi) is 15.4. The smallest absolute Gasteiger partial charge is 0.166 e. The first-order valence-electron chi connectivity index (χ1n) is 8.46. The summed E-state index contributed by atoms with van der Waals surface area (Å²) in [5.41, 5.74) is 0. The standard InChI is InChI=1S/C15H30N4O2S.2ClH/c22-15(16-3-1-5-18-7-11-20-12-8-18)17-4-2-6-19-9-13-21-14-10-19;;/h1-14H2,(H2,16,17,22);2*1H/p-2. The molecule has 2 N–H and O–H groups in total. The molecule has 0 bridgehead atoms. The van der Waals surface area contributed by atoms with Gasteiger partial charge in [-0.15, -0.1) is 0 Å². The van der Waals surface area contributed by atoms with Crippen LogP contribution in [-0.2, 0) is 9.47 Å². The van der Waals surface area contributed by atoms with E-state index in [1.165, 1.54) is 0 Å². The minimum absolute atomic E-state index is 0. The second-order valence-corrected chi connectivity index (χ2v) is 6.21. The average Bonchev–Trinajstić information content (AvgIpc) is 2.57. The molecule has 144 valence electrons. The lowest BCUT2D eigenvalue weighted by molar-refractivity contribution is -0.00100. The molecule has 0 atom stereocenters. The Balaban J connectivity index is 0.00000264. The molecule has 0 radical (unpaired) electrons. The van der Waals surface area contributed by atoms with Gasteiger partial charge in [0.2, 0.25) is 0 Å². The Morgan fingerprint density at radius 2 is 1.12 bits per heavy atom. The van der Waals surface area contributed by atoms with Gasteiger partial charge in [0.05, 0.1) is 26.4 Å². The molecule has 0 saturated carbocycles. The van der Waals surface area contributed by atoms with Crippen molar-refractivity contribution in [3.05, 3.63) is 0 Å². The number of hydrogen-bond donors (Lipinski definition) is 2. The van der Waals surface area contributed by atoms with Gasteiger partial charge in [0.15, 0.2) is 5.11 Å². The highest BCUT2D eigenvalue weighted by molar-refractivity contribution is 7.80. The molecule has 0 aliphatic carbocycles. The van der Waals surface area contributed by atoms with Crippen molar-refractivity contribution in [2.45, 2.75) is 12.8 Å². The molecular weight excluding hydrogens is 371 g/mol. The van der Waals surface area contributed by atoms with Gasteiger partial charge in [-0.3, -0.25) is 9.80 Å². The summed E-state index contributed by atoms with van der Waals surface area (Å²) in [6, 6.07) is 0. The van der Waals surface area contributed by atoms with Crippen LogP contribution in [0.5, 0.6) is 0 Å². The molecule has 0 unspecified atom stereocenters. The maximum atomic E-state index is 5.34. The van der Waals surface area contributed by atoms with Gasteiger partial charge in [0.1, 0.15) is 0 Å². The molecule has 2 saturated heterocycles. The normalized spacial score (nSPS) is 19.0. The first kappa shape index (κ1) is 24.1. The van der Waals surface area contributed by atoms with Crippen molar-refractivity contribution in [1.82, 2.24) is 20.4 Å². The maximum Gasteiger partial charge on any atom is 0.166 e. The van der Waals surface area contributed by atoms with E-state index in [1.807, 2.05) is 0 Å². The van der Waals surface area contributed by atoms with Crippen molar-refractivity contribution in [3.8, 4) is 0 Å². The molecule has 2 aliphatic rings. The summed E-state index contributed by atoms with van der Waals surface area (Å²) in [7, 11) is 0. The molecule has 24 heavy (non-hydrogen) atoms. The Bertz CT molecular complexity index is 290. The summed E-state index contributed by atoms with van der Waals surface area (Å²) >= 11 is 5.30. The number of halogens is 2. The molecule has 0 spiro atoms. The summed E-state index contributed by atoms with van der Waals surface area (Å²) in [5, 5.41) is 7.36. The van der Waals surface area contributed by atoms with E-state index in [4.69, 9.17) is 21.7 Å². The third kappa shape index (κ3) is 10.9. The summed E-state index contributed by atoms with van der Waals surface area (Å²) < 4.78 is 10.7. The summed E-state index contributed by atoms with van der Waals surface area (Å²) in [4.78, 5) is 4.90. The van der Waals surface area contributed by atoms with Gasteiger partial charge in [-0.2, -0.15) is 0 Å². The molecule has 0 aromatic carbocycles. The van der Waals surface area contributed by atoms with Crippen LogP contribution in [0.3, 0.4) is 0 Å². The zero-order valence-electron chi connectivity index (χ0n) is 14.3. The summed E-state index contributed by atoms with van der Waals surface area (Å²) in [6.45, 7) is 11.8. The van der Waals surface area contributed by atoms with Crippen LogP contribution in [0.4, 0.5) is 0 Å². The fraction of sp³-hybridized carbons (Fsp3) is 0.933. The number of rotatable bonds is 8. The first-order valence-corrected chi connectivity index (χ1v) is 8.87. The lowest BCUT2D eigenvalue weighted by Gasteiger charge is -2.26. The van der Waals surface area contributed by atoms with Crippen molar-refractivity contribution in [1.29, 1.82) is 0 Å². The van der Waals surface area contributed by atoms with E-state index in [-0.39, 0.29) is 24.8 Å². The molecule has 0 aromatic heterocycles. The Morgan fingerprint density at radius 1 is 0.750 bits per heavy atom. The van der Waals surface area contributed by atoms with Gasteiger partial charge in [-0.25, -0.2) is 0 Å². The monoisotopic (exact) mass is 400 g/mol. The van der Waals surface area contributed by atoms with E-state index >= 15 is 0 Å². The van der Waals surface area contributed by atoms with Crippen LogP contribution in [-0.4, -0.2) is 93.7 Å². The molecule has 2 aliphatic heterocycles.